The van der Waals surface area contributed by atoms with Gasteiger partial charge in [0, 0.05) is 23.3 Å². The molecule has 0 aromatic carbocycles. The highest BCUT2D eigenvalue weighted by Gasteiger charge is 2.15. The topological polar surface area (TPSA) is 16.1 Å². The van der Waals surface area contributed by atoms with Gasteiger partial charge < -0.3 is 0 Å². The Labute approximate surface area is 87.5 Å². The maximum Gasteiger partial charge on any atom is 0.130 e. The van der Waals surface area contributed by atoms with Gasteiger partial charge in [-0.3, -0.25) is 4.90 Å². The van der Waals surface area contributed by atoms with Crippen molar-refractivity contribution in [3.05, 3.63) is 28.0 Å². The van der Waals surface area contributed by atoms with Crippen LogP contribution in [0.5, 0.6) is 0 Å². The largest absolute Gasteiger partial charge is 0.299 e. The Morgan fingerprint density at radius 1 is 1.38 bits per heavy atom. The Morgan fingerprint density at radius 3 is 2.69 bits per heavy atom. The van der Waals surface area contributed by atoms with Gasteiger partial charge in [-0.2, -0.15) is 0 Å². The summed E-state index contributed by atoms with van der Waals surface area (Å²) in [4.78, 5) is 6.34. The molecule has 2 nitrogen and oxygen atoms in total. The summed E-state index contributed by atoms with van der Waals surface area (Å²) in [5.74, 6) is 0. The maximum atomic E-state index is 6.00. The van der Waals surface area contributed by atoms with Gasteiger partial charge in [-0.1, -0.05) is 23.2 Å². The Bertz CT molecular complexity index is 310. The molecule has 70 valence electrons. The zero-order valence-electron chi connectivity index (χ0n) is 7.13. The first-order valence-electron chi connectivity index (χ1n) is 4.28. The average molecular weight is 217 g/mol. The van der Waals surface area contributed by atoms with E-state index < -0.39 is 0 Å². The molecule has 0 saturated carbocycles. The molecule has 0 N–H and O–H groups in total. The molecule has 0 bridgehead atoms. The molecule has 0 unspecified atom stereocenters. The molecule has 0 radical (unpaired) electrons. The minimum atomic E-state index is 0.456. The van der Waals surface area contributed by atoms with E-state index in [0.717, 1.165) is 12.1 Å². The fourth-order valence-corrected chi connectivity index (χ4v) is 1.76. The fraction of sp³-hybridized carbons (Fsp3) is 0.444. The van der Waals surface area contributed by atoms with E-state index in [0.29, 0.717) is 10.2 Å². The van der Waals surface area contributed by atoms with Crippen LogP contribution in [0.4, 0.5) is 0 Å². The Balaban J connectivity index is 2.10. The number of nitrogens with zero attached hydrogens (tertiary/aromatic N) is 2. The van der Waals surface area contributed by atoms with Crippen LogP contribution in [0.2, 0.25) is 10.2 Å². The third-order valence-electron chi connectivity index (χ3n) is 2.24. The summed E-state index contributed by atoms with van der Waals surface area (Å²) in [6.45, 7) is 3.22. The summed E-state index contributed by atoms with van der Waals surface area (Å²) in [6.07, 6.45) is 3.04. The van der Waals surface area contributed by atoms with Crippen LogP contribution in [0.25, 0.3) is 0 Å². The summed E-state index contributed by atoms with van der Waals surface area (Å²) < 4.78 is 0. The van der Waals surface area contributed by atoms with Gasteiger partial charge in [0.05, 0.1) is 0 Å². The van der Waals surface area contributed by atoms with Crippen LogP contribution < -0.4 is 0 Å². The van der Waals surface area contributed by atoms with E-state index in [1.165, 1.54) is 19.5 Å². The number of hydrogen-bond acceptors (Lipinski definition) is 2. The van der Waals surface area contributed by atoms with Crippen LogP contribution in [0.15, 0.2) is 12.3 Å². The zero-order valence-corrected chi connectivity index (χ0v) is 8.65. The monoisotopic (exact) mass is 216 g/mol. The molecule has 1 aromatic rings. The van der Waals surface area contributed by atoms with Crippen molar-refractivity contribution >= 4 is 23.2 Å². The lowest BCUT2D eigenvalue weighted by Gasteiger charge is -2.30. The maximum absolute atomic E-state index is 6.00. The molecule has 0 spiro atoms. The molecule has 0 atom stereocenters. The Morgan fingerprint density at radius 2 is 2.15 bits per heavy atom. The van der Waals surface area contributed by atoms with Crippen LogP contribution in [0, 0.1) is 0 Å². The van der Waals surface area contributed by atoms with Gasteiger partial charge in [-0.05, 0) is 25.6 Å². The van der Waals surface area contributed by atoms with Gasteiger partial charge >= 0.3 is 0 Å². The van der Waals surface area contributed by atoms with Gasteiger partial charge in [-0.15, -0.1) is 0 Å². The lowest BCUT2D eigenvalue weighted by atomic mass is 10.2. The average Bonchev–Trinajstić information content (AvgIpc) is 1.99. The summed E-state index contributed by atoms with van der Waals surface area (Å²) in [7, 11) is 0. The lowest BCUT2D eigenvalue weighted by molar-refractivity contribution is 0.172. The molecule has 13 heavy (non-hydrogen) atoms. The zero-order chi connectivity index (χ0) is 9.26. The van der Waals surface area contributed by atoms with E-state index in [-0.39, 0.29) is 0 Å². The van der Waals surface area contributed by atoms with Crippen molar-refractivity contribution in [1.82, 2.24) is 9.88 Å². The first kappa shape index (κ1) is 9.25. The fourth-order valence-electron chi connectivity index (χ4n) is 1.33. The first-order valence-corrected chi connectivity index (χ1v) is 5.03. The predicted molar refractivity (Wildman–Crippen MR) is 54.2 cm³/mol. The highest BCUT2D eigenvalue weighted by atomic mass is 35.5. The second-order valence-corrected chi connectivity index (χ2v) is 4.02. The van der Waals surface area contributed by atoms with E-state index in [1.807, 2.05) is 0 Å². The molecule has 1 fully saturated rings. The van der Waals surface area contributed by atoms with Crippen molar-refractivity contribution in [3.63, 3.8) is 0 Å². The molecule has 1 aliphatic heterocycles. The van der Waals surface area contributed by atoms with Gasteiger partial charge in [0.1, 0.15) is 5.15 Å². The lowest BCUT2D eigenvalue weighted by Crippen LogP contribution is -2.36. The Kier molecular flexibility index (Phi) is 2.72. The summed E-state index contributed by atoms with van der Waals surface area (Å²) >= 11 is 11.7. The number of likely N-dealkylation sites (tertiary alicyclic amines) is 1. The molecule has 2 heterocycles. The molecular formula is C9H10Cl2N2. The van der Waals surface area contributed by atoms with E-state index in [2.05, 4.69) is 9.88 Å². The van der Waals surface area contributed by atoms with Crippen LogP contribution in [0.3, 0.4) is 0 Å². The normalized spacial score (nSPS) is 17.1. The quantitative estimate of drug-likeness (QED) is 0.708. The predicted octanol–water partition coefficient (Wildman–Crippen LogP) is 2.59. The Hall–Kier alpha value is -0.310. The molecule has 1 aliphatic rings. The van der Waals surface area contributed by atoms with Crippen LogP contribution in [0.1, 0.15) is 12.0 Å². The second-order valence-electron chi connectivity index (χ2n) is 3.23. The van der Waals surface area contributed by atoms with Gasteiger partial charge in [0.15, 0.2) is 0 Å². The molecule has 4 heteroatoms. The molecule has 0 amide bonds. The molecule has 0 aliphatic carbocycles. The van der Waals surface area contributed by atoms with Crippen molar-refractivity contribution in [2.75, 3.05) is 13.1 Å². The first-order chi connectivity index (χ1) is 6.25. The molecule has 1 saturated heterocycles. The van der Waals surface area contributed by atoms with Crippen LogP contribution in [-0.4, -0.2) is 23.0 Å². The number of aromatic nitrogens is 1. The summed E-state index contributed by atoms with van der Waals surface area (Å²) in [5, 5.41) is 1.17. The second kappa shape index (κ2) is 3.82. The van der Waals surface area contributed by atoms with Crippen LogP contribution in [-0.2, 0) is 6.54 Å². The van der Waals surface area contributed by atoms with Crippen molar-refractivity contribution in [1.29, 1.82) is 0 Å². The van der Waals surface area contributed by atoms with Crippen LogP contribution >= 0.6 is 23.2 Å². The number of rotatable bonds is 2. The standard InChI is InChI=1S/C9H10Cl2N2/c10-8-4-9(11)12-5-7(8)6-13-2-1-3-13/h4-5H,1-3,6H2. The smallest absolute Gasteiger partial charge is 0.130 e. The van der Waals surface area contributed by atoms with E-state index in [4.69, 9.17) is 23.2 Å². The van der Waals surface area contributed by atoms with E-state index in [9.17, 15) is 0 Å². The van der Waals surface area contributed by atoms with Crippen molar-refractivity contribution < 1.29 is 0 Å². The van der Waals surface area contributed by atoms with Crippen molar-refractivity contribution in [3.8, 4) is 0 Å². The number of halogens is 2. The van der Waals surface area contributed by atoms with Gasteiger partial charge in [0.25, 0.3) is 0 Å². The van der Waals surface area contributed by atoms with Gasteiger partial charge in [0.2, 0.25) is 0 Å². The summed E-state index contributed by atoms with van der Waals surface area (Å²) in [6, 6.07) is 1.69. The third-order valence-corrected chi connectivity index (χ3v) is 2.80. The molecule has 2 rings (SSSR count). The third kappa shape index (κ3) is 2.13. The summed E-state index contributed by atoms with van der Waals surface area (Å²) in [5.41, 5.74) is 1.06. The SMILES string of the molecule is Clc1cc(Cl)c(CN2CCC2)cn1. The number of hydrogen-bond donors (Lipinski definition) is 0. The van der Waals surface area contributed by atoms with E-state index >= 15 is 0 Å². The van der Waals surface area contributed by atoms with E-state index in [1.54, 1.807) is 12.3 Å². The van der Waals surface area contributed by atoms with Crippen molar-refractivity contribution in [2.45, 2.75) is 13.0 Å². The molecule has 1 aromatic heterocycles. The van der Waals surface area contributed by atoms with Crippen molar-refractivity contribution in [2.24, 2.45) is 0 Å². The molecular weight excluding hydrogens is 207 g/mol. The number of pyridine rings is 1. The van der Waals surface area contributed by atoms with Gasteiger partial charge in [-0.25, -0.2) is 4.98 Å². The minimum absolute atomic E-state index is 0.456. The highest BCUT2D eigenvalue weighted by Crippen LogP contribution is 2.21. The minimum Gasteiger partial charge on any atom is -0.299 e. The highest BCUT2D eigenvalue weighted by molar-refractivity contribution is 6.34.